The third-order valence-electron chi connectivity index (χ3n) is 1.54. The number of hydrogen-bond acceptors (Lipinski definition) is 8. The van der Waals surface area contributed by atoms with Crippen LogP contribution in [0.4, 0.5) is 0 Å². The Morgan fingerprint density at radius 2 is 1.53 bits per heavy atom. The third-order valence-corrected chi connectivity index (χ3v) is 1.99. The summed E-state index contributed by atoms with van der Waals surface area (Å²) in [6, 6.07) is 0. The molecule has 0 radical (unpaired) electrons. The average molecular weight is 314 g/mol. The number of esters is 2. The van der Waals surface area contributed by atoms with E-state index >= 15 is 0 Å². The molecule has 0 aliphatic rings. The van der Waals surface area contributed by atoms with Crippen molar-refractivity contribution in [1.29, 1.82) is 0 Å². The molecule has 0 saturated carbocycles. The molecule has 0 amide bonds. The van der Waals surface area contributed by atoms with Gasteiger partial charge in [-0.2, -0.15) is 25.3 Å². The summed E-state index contributed by atoms with van der Waals surface area (Å²) < 4.78 is 9.77. The molecular weight excluding hydrogens is 292 g/mol. The maximum Gasteiger partial charge on any atom is 0.307 e. The monoisotopic (exact) mass is 314 g/mol. The fourth-order valence-electron chi connectivity index (χ4n) is 0.782. The predicted molar refractivity (Wildman–Crippen MR) is 77.6 cm³/mol. The van der Waals surface area contributed by atoms with Crippen LogP contribution in [0, 0.1) is 0 Å². The van der Waals surface area contributed by atoms with Gasteiger partial charge in [-0.15, -0.1) is 0 Å². The first kappa shape index (κ1) is 20.9. The Morgan fingerprint density at radius 3 is 1.95 bits per heavy atom. The second kappa shape index (κ2) is 15.6. The molecule has 19 heavy (non-hydrogen) atoms. The molecule has 0 bridgehead atoms. The number of carbonyl (C=O) groups is 2. The van der Waals surface area contributed by atoms with Gasteiger partial charge in [0.2, 0.25) is 0 Å². The van der Waals surface area contributed by atoms with Gasteiger partial charge in [0.15, 0.2) is 0 Å². The van der Waals surface area contributed by atoms with E-state index in [0.717, 1.165) is 0 Å². The first-order valence-electron chi connectivity index (χ1n) is 5.80. The minimum absolute atomic E-state index is 0.0882. The average Bonchev–Trinajstić information content (AvgIpc) is 2.37. The quantitative estimate of drug-likeness (QED) is 0.374. The Kier molecular flexibility index (Phi) is 17.2. The molecule has 0 rings (SSSR count). The van der Waals surface area contributed by atoms with Gasteiger partial charge in [0, 0.05) is 11.5 Å². The molecule has 0 saturated heterocycles. The van der Waals surface area contributed by atoms with Crippen molar-refractivity contribution in [3.8, 4) is 0 Å². The normalized spacial score (nSPS) is 11.0. The van der Waals surface area contributed by atoms with Crippen molar-refractivity contribution in [3.63, 3.8) is 0 Å². The second-order valence-electron chi connectivity index (χ2n) is 3.38. The lowest BCUT2D eigenvalue weighted by molar-refractivity contribution is -0.157. The van der Waals surface area contributed by atoms with E-state index in [1.165, 1.54) is 0 Å². The van der Waals surface area contributed by atoms with E-state index in [1.54, 1.807) is 6.92 Å². The Morgan fingerprint density at radius 1 is 1.05 bits per heavy atom. The zero-order valence-corrected chi connectivity index (χ0v) is 12.7. The summed E-state index contributed by atoms with van der Waals surface area (Å²) in [5.74, 6) is 0.238. The highest BCUT2D eigenvalue weighted by Gasteiger charge is 2.11. The fraction of sp³-hybridized carbons (Fsp3) is 0.818. The lowest BCUT2D eigenvalue weighted by Crippen LogP contribution is -2.22. The van der Waals surface area contributed by atoms with Gasteiger partial charge >= 0.3 is 11.9 Å². The van der Waals surface area contributed by atoms with Crippen LogP contribution in [0.15, 0.2) is 0 Å². The molecule has 6 nitrogen and oxygen atoms in total. The number of carbonyl (C=O) groups excluding carboxylic acids is 2. The van der Waals surface area contributed by atoms with Gasteiger partial charge in [-0.25, -0.2) is 0 Å². The van der Waals surface area contributed by atoms with Crippen LogP contribution in [-0.2, 0) is 19.1 Å². The van der Waals surface area contributed by atoms with Gasteiger partial charge in [-0.1, -0.05) is 0 Å². The molecular formula is C11H22O6S2. The third kappa shape index (κ3) is 17.6. The lowest BCUT2D eigenvalue weighted by atomic mass is 10.4. The van der Waals surface area contributed by atoms with E-state index in [1.807, 2.05) is 0 Å². The van der Waals surface area contributed by atoms with Gasteiger partial charge in [-0.3, -0.25) is 9.59 Å². The SMILES string of the molecule is CC(COC(=O)CCS)OC(=O)CCS.OCCO. The Balaban J connectivity index is 0. The van der Waals surface area contributed by atoms with E-state index in [4.69, 9.17) is 19.7 Å². The molecule has 2 N–H and O–H groups in total. The van der Waals surface area contributed by atoms with E-state index in [0.29, 0.717) is 11.5 Å². The Labute approximate surface area is 124 Å². The van der Waals surface area contributed by atoms with Crippen LogP contribution in [-0.4, -0.2) is 59.6 Å². The first-order valence-corrected chi connectivity index (χ1v) is 7.06. The summed E-state index contributed by atoms with van der Waals surface area (Å²) in [7, 11) is 0. The van der Waals surface area contributed by atoms with Crippen molar-refractivity contribution in [2.75, 3.05) is 31.3 Å². The summed E-state index contributed by atoms with van der Waals surface area (Å²) in [4.78, 5) is 21.9. The molecule has 114 valence electrons. The molecule has 0 spiro atoms. The zero-order valence-electron chi connectivity index (χ0n) is 10.9. The highest BCUT2D eigenvalue weighted by Crippen LogP contribution is 1.98. The van der Waals surface area contributed by atoms with Gasteiger partial charge in [0.1, 0.15) is 12.7 Å². The summed E-state index contributed by atoms with van der Waals surface area (Å²) in [5, 5.41) is 15.2. The number of thiol groups is 2. The molecule has 0 aliphatic carbocycles. The maximum atomic E-state index is 11.0. The molecule has 0 aromatic heterocycles. The molecule has 0 aromatic rings. The van der Waals surface area contributed by atoms with Crippen molar-refractivity contribution in [1.82, 2.24) is 0 Å². The summed E-state index contributed by atoms with van der Waals surface area (Å²) in [6.07, 6.45) is 0.111. The van der Waals surface area contributed by atoms with Crippen LogP contribution in [0.25, 0.3) is 0 Å². The molecule has 0 heterocycles. The van der Waals surface area contributed by atoms with Gasteiger partial charge in [0.05, 0.1) is 26.1 Å². The largest absolute Gasteiger partial charge is 0.462 e. The summed E-state index contributed by atoms with van der Waals surface area (Å²) >= 11 is 7.79. The van der Waals surface area contributed by atoms with Crippen LogP contribution in [0.5, 0.6) is 0 Å². The highest BCUT2D eigenvalue weighted by molar-refractivity contribution is 7.80. The molecule has 1 atom stereocenters. The minimum Gasteiger partial charge on any atom is -0.462 e. The molecule has 8 heteroatoms. The van der Waals surface area contributed by atoms with E-state index in [2.05, 4.69) is 25.3 Å². The molecule has 0 fully saturated rings. The van der Waals surface area contributed by atoms with Crippen molar-refractivity contribution in [2.45, 2.75) is 25.9 Å². The van der Waals surface area contributed by atoms with Crippen LogP contribution >= 0.6 is 25.3 Å². The number of aliphatic hydroxyl groups excluding tert-OH is 2. The molecule has 0 aliphatic heterocycles. The standard InChI is InChI=1S/C9H16O4S2.C2H6O2/c1-7(13-9(11)3-5-15)6-12-8(10)2-4-14;3-1-2-4/h7,14-15H,2-6H2,1H3;3-4H,1-2H2. The smallest absolute Gasteiger partial charge is 0.307 e. The summed E-state index contributed by atoms with van der Waals surface area (Å²) in [6.45, 7) is 1.51. The van der Waals surface area contributed by atoms with Crippen molar-refractivity contribution < 1.29 is 29.3 Å². The number of ether oxygens (including phenoxy) is 2. The van der Waals surface area contributed by atoms with Gasteiger partial charge in [0.25, 0.3) is 0 Å². The maximum absolute atomic E-state index is 11.0. The van der Waals surface area contributed by atoms with Gasteiger partial charge < -0.3 is 19.7 Å². The fourth-order valence-corrected chi connectivity index (χ4v) is 1.15. The van der Waals surface area contributed by atoms with Gasteiger partial charge in [-0.05, 0) is 6.92 Å². The minimum atomic E-state index is -0.416. The molecule has 1 unspecified atom stereocenters. The van der Waals surface area contributed by atoms with Crippen LogP contribution in [0.1, 0.15) is 19.8 Å². The molecule has 0 aromatic carbocycles. The van der Waals surface area contributed by atoms with Crippen molar-refractivity contribution in [3.05, 3.63) is 0 Å². The van der Waals surface area contributed by atoms with E-state index < -0.39 is 6.10 Å². The topological polar surface area (TPSA) is 93.1 Å². The van der Waals surface area contributed by atoms with Crippen LogP contribution < -0.4 is 0 Å². The number of hydrogen-bond donors (Lipinski definition) is 4. The predicted octanol–water partition coefficient (Wildman–Crippen LogP) is 0.0721. The van der Waals surface area contributed by atoms with E-state index in [-0.39, 0.29) is 44.6 Å². The van der Waals surface area contributed by atoms with Crippen LogP contribution in [0.3, 0.4) is 0 Å². The van der Waals surface area contributed by atoms with Crippen LogP contribution in [0.2, 0.25) is 0 Å². The number of aliphatic hydroxyl groups is 2. The Bertz CT molecular complexity index is 235. The second-order valence-corrected chi connectivity index (χ2v) is 4.27. The van der Waals surface area contributed by atoms with Crippen molar-refractivity contribution in [2.24, 2.45) is 0 Å². The van der Waals surface area contributed by atoms with Crippen molar-refractivity contribution >= 4 is 37.2 Å². The Hall–Kier alpha value is -0.440. The summed E-state index contributed by atoms with van der Waals surface area (Å²) in [5.41, 5.74) is 0. The number of rotatable bonds is 8. The van der Waals surface area contributed by atoms with E-state index in [9.17, 15) is 9.59 Å². The zero-order chi connectivity index (χ0) is 15.1. The highest BCUT2D eigenvalue weighted by atomic mass is 32.1. The first-order chi connectivity index (χ1) is 9.01. The lowest BCUT2D eigenvalue weighted by Gasteiger charge is -2.12.